The zero-order valence-corrected chi connectivity index (χ0v) is 10.1. The summed E-state index contributed by atoms with van der Waals surface area (Å²) in [5.74, 6) is 0. The Hall–Kier alpha value is -1.32. The van der Waals surface area contributed by atoms with E-state index in [0.717, 1.165) is 16.8 Å². The Balaban J connectivity index is 2.42. The van der Waals surface area contributed by atoms with E-state index in [1.165, 1.54) is 0 Å². The second-order valence-corrected chi connectivity index (χ2v) is 4.31. The molecule has 1 unspecified atom stereocenters. The molecule has 1 atom stereocenters. The fourth-order valence-corrected chi connectivity index (χ4v) is 1.98. The van der Waals surface area contributed by atoms with Crippen LogP contribution < -0.4 is 5.73 Å². The molecule has 0 aliphatic heterocycles. The van der Waals surface area contributed by atoms with E-state index < -0.39 is 0 Å². The summed E-state index contributed by atoms with van der Waals surface area (Å²) in [6.45, 7) is 1.92. The fourth-order valence-electron chi connectivity index (χ4n) is 1.62. The van der Waals surface area contributed by atoms with E-state index >= 15 is 0 Å². The van der Waals surface area contributed by atoms with Crippen molar-refractivity contribution >= 4 is 11.6 Å². The van der Waals surface area contributed by atoms with Crippen molar-refractivity contribution in [1.82, 2.24) is 9.78 Å². The molecule has 0 aliphatic carbocycles. The monoisotopic (exact) mass is 235 g/mol. The highest BCUT2D eigenvalue weighted by molar-refractivity contribution is 6.31. The lowest BCUT2D eigenvalue weighted by molar-refractivity contribution is 0.771. The van der Waals surface area contributed by atoms with Crippen molar-refractivity contribution in [3.8, 4) is 11.3 Å². The van der Waals surface area contributed by atoms with Gasteiger partial charge < -0.3 is 5.73 Å². The van der Waals surface area contributed by atoms with Gasteiger partial charge in [0.1, 0.15) is 0 Å². The summed E-state index contributed by atoms with van der Waals surface area (Å²) >= 11 is 6.17. The molecule has 0 saturated heterocycles. The molecule has 84 valence electrons. The van der Waals surface area contributed by atoms with Crippen molar-refractivity contribution in [3.05, 3.63) is 41.0 Å². The molecule has 1 heterocycles. The van der Waals surface area contributed by atoms with Crippen LogP contribution in [-0.4, -0.2) is 9.78 Å². The summed E-state index contributed by atoms with van der Waals surface area (Å²) in [5.41, 5.74) is 8.69. The van der Waals surface area contributed by atoms with Crippen molar-refractivity contribution < 1.29 is 0 Å². The van der Waals surface area contributed by atoms with Crippen LogP contribution in [0.25, 0.3) is 11.3 Å². The van der Waals surface area contributed by atoms with Gasteiger partial charge in [-0.2, -0.15) is 5.10 Å². The first-order chi connectivity index (χ1) is 7.58. The van der Waals surface area contributed by atoms with Gasteiger partial charge in [0.05, 0.1) is 5.69 Å². The average Bonchev–Trinajstić information content (AvgIpc) is 2.64. The Morgan fingerprint density at radius 3 is 2.62 bits per heavy atom. The summed E-state index contributed by atoms with van der Waals surface area (Å²) in [6, 6.07) is 7.76. The normalized spacial score (nSPS) is 12.8. The lowest BCUT2D eigenvalue weighted by atomic mass is 10.1. The number of benzene rings is 1. The van der Waals surface area contributed by atoms with E-state index in [1.54, 1.807) is 4.68 Å². The topological polar surface area (TPSA) is 43.8 Å². The van der Waals surface area contributed by atoms with E-state index in [1.807, 2.05) is 44.4 Å². The third-order valence-electron chi connectivity index (χ3n) is 2.50. The van der Waals surface area contributed by atoms with E-state index in [9.17, 15) is 0 Å². The quantitative estimate of drug-likeness (QED) is 0.870. The predicted molar refractivity (Wildman–Crippen MR) is 66.3 cm³/mol. The van der Waals surface area contributed by atoms with Crippen molar-refractivity contribution in [2.75, 3.05) is 0 Å². The van der Waals surface area contributed by atoms with Gasteiger partial charge in [-0.15, -0.1) is 0 Å². The third kappa shape index (κ3) is 2.10. The van der Waals surface area contributed by atoms with Crippen molar-refractivity contribution in [3.63, 3.8) is 0 Å². The molecule has 2 rings (SSSR count). The standard InChI is InChI=1S/C12H14ClN3/c1-8(14)10-4-3-9(7-11(10)13)12-5-6-16(2)15-12/h3-8H,14H2,1-2H3. The third-order valence-corrected chi connectivity index (χ3v) is 2.83. The van der Waals surface area contributed by atoms with Crippen molar-refractivity contribution in [2.45, 2.75) is 13.0 Å². The molecule has 0 fully saturated rings. The van der Waals surface area contributed by atoms with Gasteiger partial charge in [-0.3, -0.25) is 4.68 Å². The number of halogens is 1. The van der Waals surface area contributed by atoms with Crippen LogP contribution in [0.15, 0.2) is 30.5 Å². The molecule has 3 nitrogen and oxygen atoms in total. The maximum atomic E-state index is 6.17. The van der Waals surface area contributed by atoms with Gasteiger partial charge in [-0.05, 0) is 24.6 Å². The average molecular weight is 236 g/mol. The van der Waals surface area contributed by atoms with Gasteiger partial charge in [0.15, 0.2) is 0 Å². The molecule has 2 N–H and O–H groups in total. The molecular weight excluding hydrogens is 222 g/mol. The molecule has 0 radical (unpaired) electrons. The molecule has 0 spiro atoms. The van der Waals surface area contributed by atoms with Gasteiger partial charge in [-0.25, -0.2) is 0 Å². The van der Waals surface area contributed by atoms with Gasteiger partial charge in [0.25, 0.3) is 0 Å². The number of aromatic nitrogens is 2. The predicted octanol–water partition coefficient (Wildman–Crippen LogP) is 2.76. The minimum Gasteiger partial charge on any atom is -0.324 e. The van der Waals surface area contributed by atoms with E-state index in [0.29, 0.717) is 5.02 Å². The Morgan fingerprint density at radius 1 is 1.38 bits per heavy atom. The zero-order valence-electron chi connectivity index (χ0n) is 9.31. The molecule has 4 heteroatoms. The van der Waals surface area contributed by atoms with Crippen LogP contribution in [0.3, 0.4) is 0 Å². The van der Waals surface area contributed by atoms with Gasteiger partial charge in [0, 0.05) is 29.9 Å². The minimum absolute atomic E-state index is 0.0507. The van der Waals surface area contributed by atoms with E-state index in [-0.39, 0.29) is 6.04 Å². The lowest BCUT2D eigenvalue weighted by Gasteiger charge is -2.09. The number of hydrogen-bond donors (Lipinski definition) is 1. The molecular formula is C12H14ClN3. The highest BCUT2D eigenvalue weighted by atomic mass is 35.5. The maximum absolute atomic E-state index is 6.17. The first-order valence-corrected chi connectivity index (χ1v) is 5.51. The minimum atomic E-state index is -0.0507. The molecule has 0 saturated carbocycles. The van der Waals surface area contributed by atoms with Crippen LogP contribution in [0.4, 0.5) is 0 Å². The van der Waals surface area contributed by atoms with Gasteiger partial charge in [-0.1, -0.05) is 23.7 Å². The maximum Gasteiger partial charge on any atom is 0.0923 e. The van der Waals surface area contributed by atoms with Crippen LogP contribution in [0.1, 0.15) is 18.5 Å². The van der Waals surface area contributed by atoms with Gasteiger partial charge in [0.2, 0.25) is 0 Å². The molecule has 1 aromatic heterocycles. The second-order valence-electron chi connectivity index (χ2n) is 3.90. The number of hydrogen-bond acceptors (Lipinski definition) is 2. The molecule has 0 amide bonds. The highest BCUT2D eigenvalue weighted by Crippen LogP contribution is 2.27. The Morgan fingerprint density at radius 2 is 2.12 bits per heavy atom. The Labute approximate surface area is 99.8 Å². The van der Waals surface area contributed by atoms with Crippen LogP contribution >= 0.6 is 11.6 Å². The van der Waals surface area contributed by atoms with Gasteiger partial charge >= 0.3 is 0 Å². The lowest BCUT2D eigenvalue weighted by Crippen LogP contribution is -2.05. The smallest absolute Gasteiger partial charge is 0.0923 e. The second kappa shape index (κ2) is 4.28. The Kier molecular flexibility index (Phi) is 2.99. The summed E-state index contributed by atoms with van der Waals surface area (Å²) in [5, 5.41) is 5.02. The molecule has 1 aromatic carbocycles. The number of nitrogens with zero attached hydrogens (tertiary/aromatic N) is 2. The van der Waals surface area contributed by atoms with Crippen LogP contribution in [0, 0.1) is 0 Å². The molecule has 2 aromatic rings. The van der Waals surface area contributed by atoms with Crippen LogP contribution in [0.5, 0.6) is 0 Å². The Bertz CT molecular complexity index is 503. The number of aryl methyl sites for hydroxylation is 1. The van der Waals surface area contributed by atoms with Crippen LogP contribution in [-0.2, 0) is 7.05 Å². The van der Waals surface area contributed by atoms with Crippen molar-refractivity contribution in [2.24, 2.45) is 12.8 Å². The molecule has 0 bridgehead atoms. The van der Waals surface area contributed by atoms with Crippen molar-refractivity contribution in [1.29, 1.82) is 0 Å². The summed E-state index contributed by atoms with van der Waals surface area (Å²) in [7, 11) is 1.89. The number of rotatable bonds is 2. The van der Waals surface area contributed by atoms with E-state index in [2.05, 4.69) is 5.10 Å². The zero-order chi connectivity index (χ0) is 11.7. The van der Waals surface area contributed by atoms with E-state index in [4.69, 9.17) is 17.3 Å². The molecule has 16 heavy (non-hydrogen) atoms. The summed E-state index contributed by atoms with van der Waals surface area (Å²) < 4.78 is 1.77. The summed E-state index contributed by atoms with van der Waals surface area (Å²) in [4.78, 5) is 0. The number of nitrogens with two attached hydrogens (primary N) is 1. The summed E-state index contributed by atoms with van der Waals surface area (Å²) in [6.07, 6.45) is 1.91. The highest BCUT2D eigenvalue weighted by Gasteiger charge is 2.08. The fraction of sp³-hybridized carbons (Fsp3) is 0.250. The largest absolute Gasteiger partial charge is 0.324 e. The SMILES string of the molecule is CC(N)c1ccc(-c2ccn(C)n2)cc1Cl. The first-order valence-electron chi connectivity index (χ1n) is 5.13. The molecule has 0 aliphatic rings. The van der Waals surface area contributed by atoms with Crippen LogP contribution in [0.2, 0.25) is 5.02 Å². The first kappa shape index (κ1) is 11.2.